The minimum absolute atomic E-state index is 0.198. The summed E-state index contributed by atoms with van der Waals surface area (Å²) in [5, 5.41) is 0. The second-order valence-corrected chi connectivity index (χ2v) is 9.78. The van der Waals surface area contributed by atoms with Crippen molar-refractivity contribution in [3.05, 3.63) is 53.6 Å². The number of aryl methyl sites for hydroxylation is 1. The van der Waals surface area contributed by atoms with E-state index in [0.717, 1.165) is 11.3 Å². The van der Waals surface area contributed by atoms with Crippen LogP contribution >= 0.6 is 0 Å². The molecule has 8 nitrogen and oxygen atoms in total. The second-order valence-electron chi connectivity index (χ2n) is 7.80. The van der Waals surface area contributed by atoms with Gasteiger partial charge in [-0.05, 0) is 25.8 Å². The Kier molecular flexibility index (Phi) is 5.04. The summed E-state index contributed by atoms with van der Waals surface area (Å²) in [6.07, 6.45) is 5.63. The van der Waals surface area contributed by atoms with E-state index in [9.17, 15) is 13.2 Å². The van der Waals surface area contributed by atoms with Crippen molar-refractivity contribution in [2.24, 2.45) is 0 Å². The number of rotatable bonds is 2. The van der Waals surface area contributed by atoms with E-state index in [4.69, 9.17) is 4.74 Å². The summed E-state index contributed by atoms with van der Waals surface area (Å²) in [7, 11) is -3.43. The average Bonchev–Trinajstić information content (AvgIpc) is 2.84. The number of ether oxygens (including phenoxy) is 1. The van der Waals surface area contributed by atoms with Gasteiger partial charge in [0.1, 0.15) is 17.0 Å². The Bertz CT molecular complexity index is 1030. The summed E-state index contributed by atoms with van der Waals surface area (Å²) in [5.41, 5.74) is 1.04. The molecule has 0 bridgehead atoms. The van der Waals surface area contributed by atoms with Gasteiger partial charge in [-0.2, -0.15) is 4.31 Å². The molecule has 1 fully saturated rings. The van der Waals surface area contributed by atoms with Crippen LogP contribution < -0.4 is 4.74 Å². The van der Waals surface area contributed by atoms with E-state index in [-0.39, 0.29) is 24.7 Å². The zero-order chi connectivity index (χ0) is 20.6. The minimum atomic E-state index is -3.43. The zero-order valence-electron chi connectivity index (χ0n) is 16.5. The molecule has 1 unspecified atom stereocenters. The minimum Gasteiger partial charge on any atom is -0.484 e. The third-order valence-corrected chi connectivity index (χ3v) is 6.60. The highest BCUT2D eigenvalue weighted by molar-refractivity contribution is 7.88. The molecule has 0 radical (unpaired) electrons. The Labute approximate surface area is 170 Å². The van der Waals surface area contributed by atoms with Crippen molar-refractivity contribution >= 4 is 15.9 Å². The Morgan fingerprint density at radius 3 is 2.69 bits per heavy atom. The average molecular weight is 417 g/mol. The maximum Gasteiger partial charge on any atom is 0.274 e. The molecule has 3 heterocycles. The lowest BCUT2D eigenvalue weighted by Crippen LogP contribution is -2.58. The highest BCUT2D eigenvalue weighted by Crippen LogP contribution is 2.35. The molecule has 2 aliphatic heterocycles. The Morgan fingerprint density at radius 1 is 1.17 bits per heavy atom. The molecule has 0 aliphatic carbocycles. The fourth-order valence-electron chi connectivity index (χ4n) is 3.95. The van der Waals surface area contributed by atoms with Crippen molar-refractivity contribution in [3.8, 4) is 5.75 Å². The molecule has 2 aliphatic rings. The van der Waals surface area contributed by atoms with Crippen LogP contribution in [0.5, 0.6) is 5.75 Å². The summed E-state index contributed by atoms with van der Waals surface area (Å²) in [4.78, 5) is 23.0. The van der Waals surface area contributed by atoms with E-state index >= 15 is 0 Å². The van der Waals surface area contributed by atoms with Gasteiger partial charge in [-0.3, -0.25) is 9.78 Å². The summed E-state index contributed by atoms with van der Waals surface area (Å²) in [5.74, 6) is 0.451. The van der Waals surface area contributed by atoms with Crippen LogP contribution in [0, 0.1) is 6.92 Å². The van der Waals surface area contributed by atoms with Crippen LogP contribution in [0.1, 0.15) is 34.6 Å². The van der Waals surface area contributed by atoms with Gasteiger partial charge in [0, 0.05) is 24.8 Å². The number of likely N-dealkylation sites (tertiary alicyclic amines) is 1. The van der Waals surface area contributed by atoms with Crippen molar-refractivity contribution in [3.63, 3.8) is 0 Å². The maximum absolute atomic E-state index is 13.0. The van der Waals surface area contributed by atoms with Crippen molar-refractivity contribution < 1.29 is 17.9 Å². The second kappa shape index (κ2) is 7.38. The van der Waals surface area contributed by atoms with Gasteiger partial charge in [0.2, 0.25) is 10.0 Å². The Morgan fingerprint density at radius 2 is 1.97 bits per heavy atom. The lowest BCUT2D eigenvalue weighted by atomic mass is 9.92. The first-order valence-electron chi connectivity index (χ1n) is 9.56. The fourth-order valence-corrected chi connectivity index (χ4v) is 4.79. The van der Waals surface area contributed by atoms with Crippen LogP contribution in [0.15, 0.2) is 36.7 Å². The normalized spacial score (nSPS) is 22.6. The standard InChI is InChI=1S/C20H24N4O4S/c1-15-10-22-17(11-21-15)19(25)23-9-5-8-20(13-23)14-24(29(2,26)27)12-16-6-3-4-7-18(16)28-20/h3-4,6-7,10-11H,5,8-9,12-14H2,1-2H3. The van der Waals surface area contributed by atoms with Crippen molar-refractivity contribution in [1.29, 1.82) is 0 Å². The van der Waals surface area contributed by atoms with Gasteiger partial charge in [0.05, 0.1) is 31.2 Å². The smallest absolute Gasteiger partial charge is 0.274 e. The van der Waals surface area contributed by atoms with Gasteiger partial charge >= 0.3 is 0 Å². The quantitative estimate of drug-likeness (QED) is 0.739. The fraction of sp³-hybridized carbons (Fsp3) is 0.450. The molecule has 1 saturated heterocycles. The van der Waals surface area contributed by atoms with E-state index in [1.54, 1.807) is 11.1 Å². The Hall–Kier alpha value is -2.52. The molecular formula is C20H24N4O4S. The lowest BCUT2D eigenvalue weighted by Gasteiger charge is -2.43. The molecule has 4 rings (SSSR count). The molecule has 154 valence electrons. The first-order chi connectivity index (χ1) is 13.8. The largest absolute Gasteiger partial charge is 0.484 e. The van der Waals surface area contributed by atoms with Gasteiger partial charge in [0.25, 0.3) is 5.91 Å². The zero-order valence-corrected chi connectivity index (χ0v) is 17.4. The summed E-state index contributed by atoms with van der Waals surface area (Å²) in [6, 6.07) is 7.47. The SMILES string of the molecule is Cc1cnc(C(=O)N2CCCC3(C2)CN(S(C)(=O)=O)Cc2ccccc2O3)cn1. The molecule has 1 spiro atoms. The number of sulfonamides is 1. The first kappa shape index (κ1) is 19.8. The van der Waals surface area contributed by atoms with Crippen LogP contribution in [0.4, 0.5) is 0 Å². The van der Waals surface area contributed by atoms with Crippen LogP contribution in [0.25, 0.3) is 0 Å². The molecule has 2 aromatic rings. The number of aromatic nitrogens is 2. The molecule has 1 aromatic heterocycles. The van der Waals surface area contributed by atoms with Crippen LogP contribution in [-0.2, 0) is 16.6 Å². The molecular weight excluding hydrogens is 392 g/mol. The van der Waals surface area contributed by atoms with E-state index in [2.05, 4.69) is 9.97 Å². The molecule has 1 amide bonds. The highest BCUT2D eigenvalue weighted by Gasteiger charge is 2.44. The van der Waals surface area contributed by atoms with Crippen molar-refractivity contribution in [1.82, 2.24) is 19.2 Å². The lowest BCUT2D eigenvalue weighted by molar-refractivity contribution is -0.0108. The molecule has 0 N–H and O–H groups in total. The number of hydrogen-bond donors (Lipinski definition) is 0. The number of hydrogen-bond acceptors (Lipinski definition) is 6. The van der Waals surface area contributed by atoms with Crippen molar-refractivity contribution in [2.75, 3.05) is 25.9 Å². The van der Waals surface area contributed by atoms with Gasteiger partial charge in [-0.1, -0.05) is 18.2 Å². The van der Waals surface area contributed by atoms with Crippen LogP contribution in [-0.4, -0.2) is 65.0 Å². The van der Waals surface area contributed by atoms with Gasteiger partial charge in [-0.15, -0.1) is 0 Å². The van der Waals surface area contributed by atoms with Crippen molar-refractivity contribution in [2.45, 2.75) is 31.9 Å². The van der Waals surface area contributed by atoms with E-state index in [0.29, 0.717) is 31.7 Å². The number of fused-ring (bicyclic) bond motifs is 1. The van der Waals surface area contributed by atoms with Crippen LogP contribution in [0.2, 0.25) is 0 Å². The number of nitrogens with zero attached hydrogens (tertiary/aromatic N) is 4. The summed E-state index contributed by atoms with van der Waals surface area (Å²) in [6.45, 7) is 3.13. The van der Waals surface area contributed by atoms with E-state index in [1.807, 2.05) is 31.2 Å². The van der Waals surface area contributed by atoms with Gasteiger partial charge < -0.3 is 9.64 Å². The number of para-hydroxylation sites is 1. The molecule has 0 saturated carbocycles. The molecule has 1 atom stereocenters. The first-order valence-corrected chi connectivity index (χ1v) is 11.4. The maximum atomic E-state index is 13.0. The van der Waals surface area contributed by atoms with Crippen LogP contribution in [0.3, 0.4) is 0 Å². The predicted octanol–water partition coefficient (Wildman–Crippen LogP) is 1.61. The van der Waals surface area contributed by atoms with Gasteiger partial charge in [-0.25, -0.2) is 13.4 Å². The topological polar surface area (TPSA) is 92.7 Å². The third-order valence-electron chi connectivity index (χ3n) is 5.41. The number of carbonyl (C=O) groups excluding carboxylic acids is 1. The third kappa shape index (κ3) is 4.11. The summed E-state index contributed by atoms with van der Waals surface area (Å²) < 4.78 is 32.7. The number of benzene rings is 1. The van der Waals surface area contributed by atoms with Gasteiger partial charge in [0.15, 0.2) is 0 Å². The predicted molar refractivity (Wildman–Crippen MR) is 107 cm³/mol. The number of amides is 1. The van der Waals surface area contributed by atoms with E-state index < -0.39 is 15.6 Å². The van der Waals surface area contributed by atoms with E-state index in [1.165, 1.54) is 16.8 Å². The number of piperidine rings is 1. The molecule has 29 heavy (non-hydrogen) atoms. The Balaban J connectivity index is 1.66. The monoisotopic (exact) mass is 416 g/mol. The molecule has 1 aromatic carbocycles. The highest BCUT2D eigenvalue weighted by atomic mass is 32.2. The molecule has 9 heteroatoms. The number of carbonyl (C=O) groups is 1. The summed E-state index contributed by atoms with van der Waals surface area (Å²) >= 11 is 0.